The number of nitrogens with zero attached hydrogens (tertiary/aromatic N) is 1. The maximum atomic E-state index is 12.9. The molecule has 1 unspecified atom stereocenters. The van der Waals surface area contributed by atoms with Gasteiger partial charge >= 0.3 is 5.63 Å². The monoisotopic (exact) mass is 393 g/mol. The molecule has 0 spiro atoms. The molecule has 2 aromatic heterocycles. The van der Waals surface area contributed by atoms with E-state index in [9.17, 15) is 9.59 Å². The van der Waals surface area contributed by atoms with E-state index in [0.717, 1.165) is 31.2 Å². The van der Waals surface area contributed by atoms with Gasteiger partial charge in [-0.1, -0.05) is 18.2 Å². The second kappa shape index (κ2) is 8.25. The molecule has 29 heavy (non-hydrogen) atoms. The van der Waals surface area contributed by atoms with Crippen molar-refractivity contribution in [1.29, 1.82) is 0 Å². The number of likely N-dealkylation sites (tertiary alicyclic amines) is 1. The molecule has 152 valence electrons. The smallest absolute Gasteiger partial charge is 0.349 e. The van der Waals surface area contributed by atoms with Crippen molar-refractivity contribution in [3.63, 3.8) is 0 Å². The molecule has 1 saturated heterocycles. The van der Waals surface area contributed by atoms with Crippen LogP contribution in [-0.4, -0.2) is 34.9 Å². The van der Waals surface area contributed by atoms with Crippen LogP contribution in [-0.2, 0) is 12.8 Å². The largest absolute Gasteiger partial charge is 0.427 e. The number of fused-ring (bicyclic) bond motifs is 1. The molecule has 0 bridgehead atoms. The van der Waals surface area contributed by atoms with E-state index in [4.69, 9.17) is 10.2 Å². The van der Waals surface area contributed by atoms with Gasteiger partial charge in [-0.15, -0.1) is 0 Å². The van der Waals surface area contributed by atoms with Crippen LogP contribution >= 0.6 is 0 Å². The molecule has 6 heteroatoms. The van der Waals surface area contributed by atoms with Crippen molar-refractivity contribution in [2.45, 2.75) is 45.1 Å². The van der Waals surface area contributed by atoms with Gasteiger partial charge in [0.1, 0.15) is 11.3 Å². The van der Waals surface area contributed by atoms with Gasteiger partial charge in [0.05, 0.1) is 0 Å². The van der Waals surface area contributed by atoms with E-state index in [1.165, 1.54) is 10.9 Å². The van der Waals surface area contributed by atoms with Crippen molar-refractivity contribution >= 4 is 16.8 Å². The molecule has 1 aliphatic heterocycles. The van der Waals surface area contributed by atoms with Crippen LogP contribution in [0.3, 0.4) is 0 Å². The highest BCUT2D eigenvalue weighted by molar-refractivity contribution is 5.95. The van der Waals surface area contributed by atoms with Crippen LogP contribution in [0.15, 0.2) is 45.7 Å². The minimum absolute atomic E-state index is 0.122. The van der Waals surface area contributed by atoms with Crippen LogP contribution in [0.5, 0.6) is 0 Å². The fourth-order valence-corrected chi connectivity index (χ4v) is 4.13. The first-order valence-corrected chi connectivity index (χ1v) is 10.3. The Morgan fingerprint density at radius 1 is 1.24 bits per heavy atom. The Hall–Kier alpha value is -2.86. The summed E-state index contributed by atoms with van der Waals surface area (Å²) in [6.45, 7) is 3.03. The molecule has 3 aromatic rings. The summed E-state index contributed by atoms with van der Waals surface area (Å²) in [5, 5.41) is 1.18. The Morgan fingerprint density at radius 3 is 2.90 bits per heavy atom. The van der Waals surface area contributed by atoms with Crippen molar-refractivity contribution in [1.82, 2.24) is 9.88 Å². The van der Waals surface area contributed by atoms with E-state index in [2.05, 4.69) is 11.1 Å². The summed E-state index contributed by atoms with van der Waals surface area (Å²) < 4.78 is 5.53. The Bertz CT molecular complexity index is 1080. The number of amides is 1. The Morgan fingerprint density at radius 2 is 2.07 bits per heavy atom. The predicted molar refractivity (Wildman–Crippen MR) is 113 cm³/mol. The maximum absolute atomic E-state index is 12.9. The third-order valence-corrected chi connectivity index (χ3v) is 5.79. The van der Waals surface area contributed by atoms with Gasteiger partial charge in [-0.2, -0.15) is 0 Å². The number of nitrogens with two attached hydrogens (primary N) is 1. The number of benzene rings is 1. The zero-order chi connectivity index (χ0) is 20.4. The van der Waals surface area contributed by atoms with Gasteiger partial charge in [0.15, 0.2) is 0 Å². The van der Waals surface area contributed by atoms with Crippen LogP contribution in [0.4, 0.5) is 0 Å². The van der Waals surface area contributed by atoms with Crippen molar-refractivity contribution < 1.29 is 9.21 Å². The first-order valence-electron chi connectivity index (χ1n) is 10.3. The zero-order valence-electron chi connectivity index (χ0n) is 16.7. The number of carbonyl (C=O) groups excluding carboxylic acids is 1. The zero-order valence-corrected chi connectivity index (χ0v) is 16.7. The van der Waals surface area contributed by atoms with E-state index in [-0.39, 0.29) is 17.5 Å². The van der Waals surface area contributed by atoms with E-state index in [1.807, 2.05) is 37.4 Å². The van der Waals surface area contributed by atoms with Gasteiger partial charge in [0, 0.05) is 42.7 Å². The minimum Gasteiger partial charge on any atom is -0.427 e. The molecule has 1 aliphatic rings. The van der Waals surface area contributed by atoms with E-state index in [1.54, 1.807) is 4.90 Å². The Balaban J connectivity index is 1.51. The number of H-pyrrole nitrogens is 1. The molecule has 0 saturated carbocycles. The lowest BCUT2D eigenvalue weighted by molar-refractivity contribution is 0.0755. The summed E-state index contributed by atoms with van der Waals surface area (Å²) in [6.07, 6.45) is 5.88. The molecule has 3 heterocycles. The Kier molecular flexibility index (Phi) is 5.53. The lowest BCUT2D eigenvalue weighted by Gasteiger charge is -2.20. The van der Waals surface area contributed by atoms with Gasteiger partial charge in [-0.3, -0.25) is 4.79 Å². The number of carbonyl (C=O) groups is 1. The van der Waals surface area contributed by atoms with Crippen LogP contribution in [0.1, 0.15) is 46.5 Å². The van der Waals surface area contributed by atoms with Crippen LogP contribution in [0.25, 0.3) is 10.9 Å². The second-order valence-electron chi connectivity index (χ2n) is 7.90. The molecule has 4 rings (SSSR count). The number of hydrogen-bond donors (Lipinski definition) is 2. The molecule has 0 radical (unpaired) electrons. The van der Waals surface area contributed by atoms with Crippen molar-refractivity contribution in [2.75, 3.05) is 13.1 Å². The molecule has 1 fully saturated rings. The highest BCUT2D eigenvalue weighted by Gasteiger charge is 2.24. The van der Waals surface area contributed by atoms with E-state index >= 15 is 0 Å². The lowest BCUT2D eigenvalue weighted by Crippen LogP contribution is -2.36. The molecule has 1 amide bonds. The van der Waals surface area contributed by atoms with Crippen molar-refractivity contribution in [2.24, 2.45) is 5.73 Å². The summed E-state index contributed by atoms with van der Waals surface area (Å²) in [5.74, 6) is 0.362. The van der Waals surface area contributed by atoms with E-state index in [0.29, 0.717) is 30.8 Å². The minimum atomic E-state index is -0.544. The highest BCUT2D eigenvalue weighted by atomic mass is 16.4. The van der Waals surface area contributed by atoms with Crippen molar-refractivity contribution in [3.8, 4) is 0 Å². The quantitative estimate of drug-likeness (QED) is 0.712. The number of hydrogen-bond acceptors (Lipinski definition) is 4. The second-order valence-corrected chi connectivity index (χ2v) is 7.90. The molecule has 0 aliphatic carbocycles. The fraction of sp³-hybridized carbons (Fsp3) is 0.391. The number of aromatic nitrogens is 1. The number of aryl methyl sites for hydroxylation is 3. The number of rotatable bonds is 4. The molecule has 3 N–H and O–H groups in total. The summed E-state index contributed by atoms with van der Waals surface area (Å²) in [4.78, 5) is 30.5. The molecule has 1 atom stereocenters. The van der Waals surface area contributed by atoms with Gasteiger partial charge < -0.3 is 20.0 Å². The van der Waals surface area contributed by atoms with Crippen molar-refractivity contribution in [3.05, 3.63) is 69.4 Å². The lowest BCUT2D eigenvalue weighted by atomic mass is 10.0. The highest BCUT2D eigenvalue weighted by Crippen LogP contribution is 2.20. The van der Waals surface area contributed by atoms with Crippen LogP contribution in [0, 0.1) is 6.92 Å². The van der Waals surface area contributed by atoms with Gasteiger partial charge in [-0.05, 0) is 55.9 Å². The summed E-state index contributed by atoms with van der Waals surface area (Å²) in [6, 6.07) is 10.1. The number of aromatic amines is 1. The van der Waals surface area contributed by atoms with Gasteiger partial charge in [0.2, 0.25) is 0 Å². The summed E-state index contributed by atoms with van der Waals surface area (Å²) >= 11 is 0. The topological polar surface area (TPSA) is 92.3 Å². The van der Waals surface area contributed by atoms with Crippen LogP contribution < -0.4 is 11.4 Å². The first-order chi connectivity index (χ1) is 14.0. The Labute approximate surface area is 169 Å². The third-order valence-electron chi connectivity index (χ3n) is 5.79. The number of para-hydroxylation sites is 1. The SMILES string of the molecule is Cc1cc(CCc2c[nH]c3ccccc23)oc(=O)c1C(=O)N1CCCC(N)CC1. The first kappa shape index (κ1) is 19.5. The van der Waals surface area contributed by atoms with Crippen LogP contribution in [0.2, 0.25) is 0 Å². The standard InChI is InChI=1S/C23H27N3O3/c1-15-13-18(9-8-16-14-25-20-7-3-2-6-19(16)20)29-23(28)21(15)22(27)26-11-4-5-17(24)10-12-26/h2-3,6-7,13-14,17,25H,4-5,8-12,24H2,1H3. The fourth-order valence-electron chi connectivity index (χ4n) is 4.13. The van der Waals surface area contributed by atoms with Gasteiger partial charge in [0.25, 0.3) is 5.91 Å². The average Bonchev–Trinajstić information content (AvgIpc) is 2.98. The summed E-state index contributed by atoms with van der Waals surface area (Å²) in [5.41, 5.74) is 8.56. The third kappa shape index (κ3) is 4.12. The van der Waals surface area contributed by atoms with Gasteiger partial charge in [-0.25, -0.2) is 4.79 Å². The molecular formula is C23H27N3O3. The average molecular weight is 393 g/mol. The maximum Gasteiger partial charge on any atom is 0.349 e. The normalized spacial score (nSPS) is 17.4. The number of nitrogens with one attached hydrogen (secondary N) is 1. The molecule has 6 nitrogen and oxygen atoms in total. The van der Waals surface area contributed by atoms with E-state index < -0.39 is 5.63 Å². The summed E-state index contributed by atoms with van der Waals surface area (Å²) in [7, 11) is 0. The predicted octanol–water partition coefficient (Wildman–Crippen LogP) is 3.17. The molecule has 1 aromatic carbocycles. The molecular weight excluding hydrogens is 366 g/mol.